The predicted octanol–water partition coefficient (Wildman–Crippen LogP) is 5.00. The fraction of sp³-hybridized carbons (Fsp3) is 0.364. The van der Waals surface area contributed by atoms with Crippen molar-refractivity contribution in [3.05, 3.63) is 106 Å². The van der Waals surface area contributed by atoms with Gasteiger partial charge < -0.3 is 14.4 Å². The van der Waals surface area contributed by atoms with Gasteiger partial charge in [0.15, 0.2) is 0 Å². The van der Waals surface area contributed by atoms with Crippen molar-refractivity contribution in [1.82, 2.24) is 19.7 Å². The van der Waals surface area contributed by atoms with Crippen LogP contribution in [-0.4, -0.2) is 89.9 Å². The first-order valence-corrected chi connectivity index (χ1v) is 19.4. The Hall–Kier alpha value is -6.24. The number of rotatable bonds is 8. The Bertz CT molecular complexity index is 2300. The van der Waals surface area contributed by atoms with E-state index in [0.717, 1.165) is 91.8 Å². The Morgan fingerprint density at radius 2 is 1.38 bits per heavy atom. The lowest BCUT2D eigenvalue weighted by Gasteiger charge is -2.40. The molecule has 56 heavy (non-hydrogen) atoms. The molecule has 4 aliphatic rings. The number of piperidine rings is 2. The molecule has 3 saturated heterocycles. The molecule has 3 fully saturated rings. The molecule has 3 aromatic carbocycles. The van der Waals surface area contributed by atoms with E-state index < -0.39 is 23.8 Å². The maximum atomic E-state index is 13.3. The third-order valence-corrected chi connectivity index (χ3v) is 12.1. The summed E-state index contributed by atoms with van der Waals surface area (Å²) in [5.74, 6) is -1.32. The molecule has 4 amide bonds. The number of nitrogens with zero attached hydrogens (tertiary/aromatic N) is 7. The van der Waals surface area contributed by atoms with Crippen LogP contribution in [0.15, 0.2) is 66.7 Å². The highest BCUT2D eigenvalue weighted by molar-refractivity contribution is 6.23. The first-order chi connectivity index (χ1) is 27.1. The molecule has 0 aliphatic carbocycles. The smallest absolute Gasteiger partial charge is 0.262 e. The Morgan fingerprint density at radius 1 is 0.714 bits per heavy atom. The molecule has 0 bridgehead atoms. The summed E-state index contributed by atoms with van der Waals surface area (Å²) in [5.41, 5.74) is 9.03. The van der Waals surface area contributed by atoms with Crippen molar-refractivity contribution in [1.29, 1.82) is 10.5 Å². The van der Waals surface area contributed by atoms with Crippen LogP contribution in [0, 0.1) is 42.4 Å². The molecule has 0 saturated carbocycles. The second-order valence-corrected chi connectivity index (χ2v) is 15.4. The van der Waals surface area contributed by atoms with Gasteiger partial charge in [0, 0.05) is 87.1 Å². The van der Waals surface area contributed by atoms with Gasteiger partial charge in [0.2, 0.25) is 11.8 Å². The van der Waals surface area contributed by atoms with E-state index >= 15 is 0 Å². The average Bonchev–Trinajstić information content (AvgIpc) is 3.61. The zero-order chi connectivity index (χ0) is 39.1. The molecule has 5 heterocycles. The van der Waals surface area contributed by atoms with E-state index in [2.05, 4.69) is 67.9 Å². The number of benzene rings is 3. The van der Waals surface area contributed by atoms with Crippen LogP contribution in [0.25, 0.3) is 11.1 Å². The zero-order valence-electron chi connectivity index (χ0n) is 31.8. The third-order valence-electron chi connectivity index (χ3n) is 12.1. The first kappa shape index (κ1) is 36.7. The summed E-state index contributed by atoms with van der Waals surface area (Å²) in [7, 11) is 0. The van der Waals surface area contributed by atoms with Crippen molar-refractivity contribution in [2.75, 3.05) is 55.6 Å². The van der Waals surface area contributed by atoms with Gasteiger partial charge in [0.1, 0.15) is 12.1 Å². The summed E-state index contributed by atoms with van der Waals surface area (Å²) < 4.78 is 2.21. The Morgan fingerprint density at radius 3 is 2.04 bits per heavy atom. The van der Waals surface area contributed by atoms with E-state index in [-0.39, 0.29) is 18.7 Å². The number of hydrogen-bond acceptors (Lipinski definition) is 9. The number of fused-ring (bicyclic) bond motifs is 1. The minimum atomic E-state index is -0.966. The first-order valence-electron chi connectivity index (χ1n) is 19.4. The van der Waals surface area contributed by atoms with E-state index in [1.807, 2.05) is 25.1 Å². The number of carbonyl (C=O) groups is 4. The molecular weight excluding hydrogens is 705 g/mol. The Labute approximate surface area is 326 Å². The van der Waals surface area contributed by atoms with E-state index in [1.54, 1.807) is 24.3 Å². The normalized spacial score (nSPS) is 19.2. The van der Waals surface area contributed by atoms with Crippen molar-refractivity contribution < 1.29 is 19.2 Å². The minimum Gasteiger partial charge on any atom is -0.372 e. The van der Waals surface area contributed by atoms with Gasteiger partial charge >= 0.3 is 0 Å². The van der Waals surface area contributed by atoms with E-state index in [4.69, 9.17) is 0 Å². The maximum absolute atomic E-state index is 13.3. The maximum Gasteiger partial charge on any atom is 0.262 e. The van der Waals surface area contributed by atoms with Crippen LogP contribution in [0.3, 0.4) is 0 Å². The second-order valence-electron chi connectivity index (χ2n) is 15.4. The van der Waals surface area contributed by atoms with Crippen molar-refractivity contribution >= 4 is 35.0 Å². The standard InChI is InChI=1S/C44H44N8O4/c1-28-38(25-46)41(33-7-3-30(24-45)4-8-33)29(2)51(28)27-31-5-9-34(10-6-31)49-17-15-32(16-18-49)26-48-19-21-50(22-20-48)35-11-12-36-37(23-35)44(56)52(43(36)55)39-13-14-40(53)47-42(39)54/h3-12,23,32,39H,13-22,26-27H2,1-2H3,(H,47,53,54). The number of piperazine rings is 1. The highest BCUT2D eigenvalue weighted by Gasteiger charge is 2.45. The molecule has 1 unspecified atom stereocenters. The summed E-state index contributed by atoms with van der Waals surface area (Å²) in [5, 5.41) is 21.5. The number of nitrogens with one attached hydrogen (secondary N) is 1. The minimum absolute atomic E-state index is 0.0971. The molecule has 1 atom stereocenters. The molecule has 0 spiro atoms. The molecule has 8 rings (SSSR count). The number of hydrogen-bond donors (Lipinski definition) is 1. The van der Waals surface area contributed by atoms with Gasteiger partial charge in [0.05, 0.1) is 28.3 Å². The monoisotopic (exact) mass is 748 g/mol. The summed E-state index contributed by atoms with van der Waals surface area (Å²) in [6, 6.07) is 25.2. The van der Waals surface area contributed by atoms with Gasteiger partial charge in [-0.1, -0.05) is 24.3 Å². The number of imide groups is 2. The molecule has 4 aromatic rings. The molecule has 1 N–H and O–H groups in total. The average molecular weight is 749 g/mol. The fourth-order valence-electron chi connectivity index (χ4n) is 8.90. The van der Waals surface area contributed by atoms with Gasteiger partial charge in [-0.15, -0.1) is 0 Å². The Balaban J connectivity index is 0.824. The molecule has 12 heteroatoms. The van der Waals surface area contributed by atoms with Crippen LogP contribution in [0.1, 0.15) is 74.5 Å². The van der Waals surface area contributed by atoms with Crippen molar-refractivity contribution in [2.24, 2.45) is 5.92 Å². The predicted molar refractivity (Wildman–Crippen MR) is 211 cm³/mol. The van der Waals surface area contributed by atoms with Crippen molar-refractivity contribution in [2.45, 2.75) is 52.1 Å². The van der Waals surface area contributed by atoms with Crippen molar-refractivity contribution in [3.8, 4) is 23.3 Å². The number of anilines is 2. The van der Waals surface area contributed by atoms with Crippen LogP contribution < -0.4 is 15.1 Å². The number of carbonyl (C=O) groups excluding carboxylic acids is 4. The van der Waals surface area contributed by atoms with Gasteiger partial charge in [-0.25, -0.2) is 0 Å². The lowest BCUT2D eigenvalue weighted by Crippen LogP contribution is -2.54. The van der Waals surface area contributed by atoms with Crippen LogP contribution >= 0.6 is 0 Å². The molecule has 1 aromatic heterocycles. The summed E-state index contributed by atoms with van der Waals surface area (Å²) in [6.45, 7) is 11.3. The fourth-order valence-corrected chi connectivity index (χ4v) is 8.90. The van der Waals surface area contributed by atoms with Crippen molar-refractivity contribution in [3.63, 3.8) is 0 Å². The van der Waals surface area contributed by atoms with Crippen LogP contribution in [-0.2, 0) is 16.1 Å². The molecule has 12 nitrogen and oxygen atoms in total. The van der Waals surface area contributed by atoms with Gasteiger partial charge in [-0.2, -0.15) is 10.5 Å². The van der Waals surface area contributed by atoms with Crippen LogP contribution in [0.4, 0.5) is 11.4 Å². The molecule has 284 valence electrons. The van der Waals surface area contributed by atoms with E-state index in [0.29, 0.717) is 34.7 Å². The van der Waals surface area contributed by atoms with Crippen LogP contribution in [0.5, 0.6) is 0 Å². The van der Waals surface area contributed by atoms with Gasteiger partial charge in [-0.05, 0) is 92.6 Å². The summed E-state index contributed by atoms with van der Waals surface area (Å²) in [4.78, 5) is 58.8. The van der Waals surface area contributed by atoms with Gasteiger partial charge in [0.25, 0.3) is 11.8 Å². The molecule has 0 radical (unpaired) electrons. The highest BCUT2D eigenvalue weighted by Crippen LogP contribution is 2.34. The van der Waals surface area contributed by atoms with Crippen LogP contribution in [0.2, 0.25) is 0 Å². The largest absolute Gasteiger partial charge is 0.372 e. The quantitative estimate of drug-likeness (QED) is 0.246. The van der Waals surface area contributed by atoms with Gasteiger partial charge in [-0.3, -0.25) is 34.3 Å². The number of amides is 4. The Kier molecular flexibility index (Phi) is 9.92. The highest BCUT2D eigenvalue weighted by atomic mass is 16.2. The zero-order valence-corrected chi connectivity index (χ0v) is 31.8. The third kappa shape index (κ3) is 6.82. The SMILES string of the molecule is Cc1c(C#N)c(-c2ccc(C#N)cc2)c(C)n1Cc1ccc(N2CCC(CN3CCN(c4ccc5c(c4)C(=O)N(C4CCC(=O)NC4=O)C5=O)CC3)CC2)cc1. The van der Waals surface area contributed by atoms with E-state index in [9.17, 15) is 29.7 Å². The lowest BCUT2D eigenvalue weighted by atomic mass is 9.95. The molecule has 4 aliphatic heterocycles. The lowest BCUT2D eigenvalue weighted by molar-refractivity contribution is -0.136. The summed E-state index contributed by atoms with van der Waals surface area (Å²) in [6.07, 6.45) is 2.50. The number of nitriles is 2. The number of aromatic nitrogens is 1. The molecular formula is C44H44N8O4. The second kappa shape index (κ2) is 15.1. The summed E-state index contributed by atoms with van der Waals surface area (Å²) >= 11 is 0. The van der Waals surface area contributed by atoms with E-state index in [1.165, 1.54) is 11.3 Å². The topological polar surface area (TPSA) is 146 Å².